The van der Waals surface area contributed by atoms with Crippen molar-refractivity contribution in [2.24, 2.45) is 0 Å². The highest BCUT2D eigenvalue weighted by atomic mass is 16.5. The molecule has 0 radical (unpaired) electrons. The summed E-state index contributed by atoms with van der Waals surface area (Å²) in [5.41, 5.74) is 1.45. The summed E-state index contributed by atoms with van der Waals surface area (Å²) in [4.78, 5) is 19.0. The number of pyridine rings is 1. The third kappa shape index (κ3) is 4.34. The van der Waals surface area contributed by atoms with Gasteiger partial charge in [-0.3, -0.25) is 4.79 Å². The van der Waals surface area contributed by atoms with Crippen LogP contribution < -0.4 is 4.74 Å². The predicted molar refractivity (Wildman–Crippen MR) is 104 cm³/mol. The highest BCUT2D eigenvalue weighted by Gasteiger charge is 2.23. The van der Waals surface area contributed by atoms with Crippen molar-refractivity contribution in [3.05, 3.63) is 72.2 Å². The van der Waals surface area contributed by atoms with E-state index in [0.29, 0.717) is 24.5 Å². The predicted octanol–water partition coefficient (Wildman–Crippen LogP) is 3.54. The summed E-state index contributed by atoms with van der Waals surface area (Å²) in [5, 5.41) is 4.41. The van der Waals surface area contributed by atoms with Crippen molar-refractivity contribution in [2.45, 2.75) is 19.8 Å². The van der Waals surface area contributed by atoms with Crippen LogP contribution in [0.2, 0.25) is 0 Å². The van der Waals surface area contributed by atoms with E-state index in [2.05, 4.69) is 10.1 Å². The van der Waals surface area contributed by atoms with Crippen LogP contribution in [0.25, 0.3) is 5.82 Å². The lowest BCUT2D eigenvalue weighted by Gasteiger charge is -2.19. The van der Waals surface area contributed by atoms with Gasteiger partial charge >= 0.3 is 0 Å². The summed E-state index contributed by atoms with van der Waals surface area (Å²) >= 11 is 0. The Balaban J connectivity index is 1.73. The zero-order valence-electron chi connectivity index (χ0n) is 15.9. The summed E-state index contributed by atoms with van der Waals surface area (Å²) in [6.45, 7) is 5.01. The van der Waals surface area contributed by atoms with Gasteiger partial charge in [-0.15, -0.1) is 0 Å². The average molecular weight is 364 g/mol. The number of carbonyl (C=O) groups is 1. The molecule has 0 atom stereocenters. The van der Waals surface area contributed by atoms with Crippen LogP contribution in [0.15, 0.2) is 60.9 Å². The molecular weight excluding hydrogens is 340 g/mol. The molecule has 6 heteroatoms. The molecule has 27 heavy (non-hydrogen) atoms. The van der Waals surface area contributed by atoms with E-state index in [1.54, 1.807) is 29.0 Å². The molecule has 0 saturated carbocycles. The monoisotopic (exact) mass is 364 g/mol. The van der Waals surface area contributed by atoms with E-state index >= 15 is 0 Å². The molecule has 0 unspecified atom stereocenters. The topological polar surface area (TPSA) is 60.3 Å². The van der Waals surface area contributed by atoms with Gasteiger partial charge in [-0.1, -0.05) is 38.1 Å². The number of carbonyl (C=O) groups excluding carboxylic acids is 1. The molecule has 0 saturated heterocycles. The molecule has 0 N–H and O–H groups in total. The number of para-hydroxylation sites is 1. The highest BCUT2D eigenvalue weighted by Crippen LogP contribution is 2.23. The smallest absolute Gasteiger partial charge is 0.257 e. The van der Waals surface area contributed by atoms with Gasteiger partial charge < -0.3 is 9.64 Å². The van der Waals surface area contributed by atoms with Crippen LogP contribution in [0, 0.1) is 0 Å². The van der Waals surface area contributed by atoms with Crippen molar-refractivity contribution in [3.63, 3.8) is 0 Å². The van der Waals surface area contributed by atoms with E-state index in [4.69, 9.17) is 4.74 Å². The SMILES string of the molecule is CC(C)c1c(C(=O)N(C)CCOc2ccccc2)cnn1-c1ccccn1. The first-order valence-electron chi connectivity index (χ1n) is 9.00. The maximum atomic E-state index is 13.0. The van der Waals surface area contributed by atoms with Crippen molar-refractivity contribution < 1.29 is 9.53 Å². The molecule has 0 aliphatic heterocycles. The molecule has 3 rings (SSSR count). The van der Waals surface area contributed by atoms with E-state index in [1.165, 1.54) is 0 Å². The Bertz CT molecular complexity index is 876. The zero-order valence-corrected chi connectivity index (χ0v) is 15.9. The molecule has 0 aliphatic rings. The van der Waals surface area contributed by atoms with Crippen LogP contribution in [0.4, 0.5) is 0 Å². The number of ether oxygens (including phenoxy) is 1. The van der Waals surface area contributed by atoms with Gasteiger partial charge in [-0.05, 0) is 30.2 Å². The molecule has 0 aliphatic carbocycles. The Kier molecular flexibility index (Phi) is 5.86. The second-order valence-corrected chi connectivity index (χ2v) is 6.59. The Morgan fingerprint density at radius 3 is 2.56 bits per heavy atom. The van der Waals surface area contributed by atoms with Gasteiger partial charge in [-0.2, -0.15) is 5.10 Å². The first kappa shape index (κ1) is 18.6. The molecule has 1 aromatic carbocycles. The summed E-state index contributed by atoms with van der Waals surface area (Å²) in [5.74, 6) is 1.56. The minimum absolute atomic E-state index is 0.0717. The molecule has 0 bridgehead atoms. The van der Waals surface area contributed by atoms with Crippen LogP contribution in [0.5, 0.6) is 5.75 Å². The van der Waals surface area contributed by atoms with Crippen LogP contribution in [-0.2, 0) is 0 Å². The van der Waals surface area contributed by atoms with Gasteiger partial charge in [0.1, 0.15) is 12.4 Å². The zero-order chi connectivity index (χ0) is 19.2. The number of benzene rings is 1. The van der Waals surface area contributed by atoms with Gasteiger partial charge in [0.2, 0.25) is 0 Å². The van der Waals surface area contributed by atoms with E-state index in [-0.39, 0.29) is 11.8 Å². The lowest BCUT2D eigenvalue weighted by Crippen LogP contribution is -2.31. The van der Waals surface area contributed by atoms with Gasteiger partial charge in [0.25, 0.3) is 5.91 Å². The van der Waals surface area contributed by atoms with E-state index in [9.17, 15) is 4.79 Å². The number of hydrogen-bond donors (Lipinski definition) is 0. The van der Waals surface area contributed by atoms with E-state index < -0.39 is 0 Å². The highest BCUT2D eigenvalue weighted by molar-refractivity contribution is 5.95. The minimum Gasteiger partial charge on any atom is -0.492 e. The molecular formula is C21H24N4O2. The van der Waals surface area contributed by atoms with Crippen molar-refractivity contribution in [1.29, 1.82) is 0 Å². The second kappa shape index (κ2) is 8.49. The average Bonchev–Trinajstić information content (AvgIpc) is 3.14. The van der Waals surface area contributed by atoms with Crippen LogP contribution >= 0.6 is 0 Å². The maximum absolute atomic E-state index is 13.0. The van der Waals surface area contributed by atoms with Gasteiger partial charge in [-0.25, -0.2) is 9.67 Å². The maximum Gasteiger partial charge on any atom is 0.257 e. The summed E-state index contributed by atoms with van der Waals surface area (Å²) in [6, 6.07) is 15.2. The standard InChI is InChI=1S/C21H24N4O2/c1-16(2)20-18(15-23-25(20)19-11-7-8-12-22-19)21(26)24(3)13-14-27-17-9-5-4-6-10-17/h4-12,15-16H,13-14H2,1-3H3. The fourth-order valence-electron chi connectivity index (χ4n) is 2.86. The Labute approximate surface area is 159 Å². The normalized spacial score (nSPS) is 10.8. The third-order valence-electron chi connectivity index (χ3n) is 4.24. The van der Waals surface area contributed by atoms with Crippen LogP contribution in [0.1, 0.15) is 35.8 Å². The van der Waals surface area contributed by atoms with Crippen molar-refractivity contribution in [2.75, 3.05) is 20.2 Å². The van der Waals surface area contributed by atoms with E-state index in [0.717, 1.165) is 11.4 Å². The summed E-state index contributed by atoms with van der Waals surface area (Å²) < 4.78 is 7.43. The molecule has 6 nitrogen and oxygen atoms in total. The lowest BCUT2D eigenvalue weighted by atomic mass is 10.0. The minimum atomic E-state index is -0.0717. The fraction of sp³-hybridized carbons (Fsp3) is 0.286. The molecule has 3 aromatic rings. The quantitative estimate of drug-likeness (QED) is 0.643. The van der Waals surface area contributed by atoms with Gasteiger partial charge in [0, 0.05) is 13.2 Å². The number of likely N-dealkylation sites (N-methyl/N-ethyl adjacent to an activating group) is 1. The largest absolute Gasteiger partial charge is 0.492 e. The van der Waals surface area contributed by atoms with Crippen LogP contribution in [0.3, 0.4) is 0 Å². The second-order valence-electron chi connectivity index (χ2n) is 6.59. The molecule has 0 spiro atoms. The van der Waals surface area contributed by atoms with Gasteiger partial charge in [0.05, 0.1) is 24.0 Å². The van der Waals surface area contributed by atoms with E-state index in [1.807, 2.05) is 62.4 Å². The number of aromatic nitrogens is 3. The Hall–Kier alpha value is -3.15. The number of nitrogens with zero attached hydrogens (tertiary/aromatic N) is 4. The Morgan fingerprint density at radius 1 is 1.15 bits per heavy atom. The molecule has 140 valence electrons. The summed E-state index contributed by atoms with van der Waals surface area (Å²) in [6.07, 6.45) is 3.34. The number of amides is 1. The molecule has 2 aromatic heterocycles. The molecule has 1 amide bonds. The lowest BCUT2D eigenvalue weighted by molar-refractivity contribution is 0.0772. The molecule has 0 fully saturated rings. The number of hydrogen-bond acceptors (Lipinski definition) is 4. The first-order chi connectivity index (χ1) is 13.1. The fourth-order valence-corrected chi connectivity index (χ4v) is 2.86. The summed E-state index contributed by atoms with van der Waals surface area (Å²) in [7, 11) is 1.78. The Morgan fingerprint density at radius 2 is 1.89 bits per heavy atom. The number of rotatable bonds is 7. The first-order valence-corrected chi connectivity index (χ1v) is 9.00. The van der Waals surface area contributed by atoms with Crippen molar-refractivity contribution >= 4 is 5.91 Å². The van der Waals surface area contributed by atoms with Gasteiger partial charge in [0.15, 0.2) is 5.82 Å². The van der Waals surface area contributed by atoms with Crippen molar-refractivity contribution in [3.8, 4) is 11.6 Å². The third-order valence-corrected chi connectivity index (χ3v) is 4.24. The van der Waals surface area contributed by atoms with Crippen molar-refractivity contribution in [1.82, 2.24) is 19.7 Å². The molecule has 2 heterocycles. The van der Waals surface area contributed by atoms with Crippen LogP contribution in [-0.4, -0.2) is 45.8 Å².